The highest BCUT2D eigenvalue weighted by atomic mass is 35.5. The van der Waals surface area contributed by atoms with Gasteiger partial charge in [0.2, 0.25) is 0 Å². The summed E-state index contributed by atoms with van der Waals surface area (Å²) in [6.07, 6.45) is -2.62. The number of hydrogen-bond acceptors (Lipinski definition) is 3. The van der Waals surface area contributed by atoms with Crippen LogP contribution in [0.5, 0.6) is 0 Å². The van der Waals surface area contributed by atoms with Crippen molar-refractivity contribution in [2.75, 3.05) is 19.0 Å². The molecule has 1 heterocycles. The molecule has 5 nitrogen and oxygen atoms in total. The molecule has 0 atom stereocenters. The summed E-state index contributed by atoms with van der Waals surface area (Å²) >= 11 is 5.29. The lowest BCUT2D eigenvalue weighted by molar-refractivity contribution is -0.135. The van der Waals surface area contributed by atoms with E-state index in [1.165, 1.54) is 0 Å². The highest BCUT2D eigenvalue weighted by Crippen LogP contribution is 2.21. The van der Waals surface area contributed by atoms with Gasteiger partial charge in [-0.25, -0.2) is 13.4 Å². The third kappa shape index (κ3) is 3.86. The van der Waals surface area contributed by atoms with Gasteiger partial charge in [-0.05, 0) is 0 Å². The van der Waals surface area contributed by atoms with Crippen LogP contribution in [0.3, 0.4) is 0 Å². The molecule has 0 aliphatic heterocycles. The molecule has 1 N–H and O–H groups in total. The fourth-order valence-corrected chi connectivity index (χ4v) is 2.73. The third-order valence-electron chi connectivity index (χ3n) is 1.78. The number of aromatic nitrogens is 2. The zero-order valence-electron chi connectivity index (χ0n) is 8.41. The molecular weight excluding hydrogens is 283 g/mol. The van der Waals surface area contributed by atoms with Crippen molar-refractivity contribution in [1.82, 2.24) is 14.3 Å². The molecule has 0 saturated carbocycles. The van der Waals surface area contributed by atoms with Crippen LogP contribution in [-0.2, 0) is 10.0 Å². The van der Waals surface area contributed by atoms with Crippen molar-refractivity contribution in [3.05, 3.63) is 12.5 Å². The molecule has 0 radical (unpaired) electrons. The predicted molar refractivity (Wildman–Crippen MR) is 54.1 cm³/mol. The maximum Gasteiger partial charge on any atom is 0.402 e. The minimum Gasteiger partial charge on any atom is -0.335 e. The summed E-state index contributed by atoms with van der Waals surface area (Å²) in [6.45, 7) is -2.01. The van der Waals surface area contributed by atoms with Crippen LogP contribution in [0.2, 0.25) is 0 Å². The number of imidazole rings is 1. The molecule has 0 unspecified atom stereocenters. The Labute approximate surface area is 101 Å². The Morgan fingerprint density at radius 3 is 2.53 bits per heavy atom. The van der Waals surface area contributed by atoms with E-state index in [9.17, 15) is 21.6 Å². The van der Waals surface area contributed by atoms with Crippen LogP contribution >= 0.6 is 11.6 Å². The number of hydrogen-bond donors (Lipinski definition) is 1. The van der Waals surface area contributed by atoms with E-state index in [1.54, 1.807) is 0 Å². The molecule has 1 aromatic rings. The largest absolute Gasteiger partial charge is 0.402 e. The van der Waals surface area contributed by atoms with Gasteiger partial charge in [0.05, 0.1) is 12.5 Å². The third-order valence-corrected chi connectivity index (χ3v) is 3.72. The van der Waals surface area contributed by atoms with Gasteiger partial charge >= 0.3 is 6.18 Å². The second kappa shape index (κ2) is 5.23. The van der Waals surface area contributed by atoms with E-state index in [2.05, 4.69) is 9.97 Å². The average Bonchev–Trinajstić information content (AvgIpc) is 2.68. The van der Waals surface area contributed by atoms with E-state index in [0.29, 0.717) is 0 Å². The van der Waals surface area contributed by atoms with E-state index >= 15 is 0 Å². The van der Waals surface area contributed by atoms with Crippen molar-refractivity contribution >= 4 is 21.6 Å². The smallest absolute Gasteiger partial charge is 0.335 e. The first kappa shape index (κ1) is 14.3. The van der Waals surface area contributed by atoms with E-state index in [1.807, 2.05) is 0 Å². The van der Waals surface area contributed by atoms with Crippen LogP contribution in [0.4, 0.5) is 13.2 Å². The second-order valence-corrected chi connectivity index (χ2v) is 5.34. The lowest BCUT2D eigenvalue weighted by Crippen LogP contribution is -2.40. The van der Waals surface area contributed by atoms with Gasteiger partial charge in [0.15, 0.2) is 5.03 Å². The normalized spacial score (nSPS) is 13.2. The Hall–Kier alpha value is -0.800. The summed E-state index contributed by atoms with van der Waals surface area (Å²) in [6, 6.07) is 0. The van der Waals surface area contributed by atoms with Crippen molar-refractivity contribution in [3.8, 4) is 0 Å². The van der Waals surface area contributed by atoms with Crippen molar-refractivity contribution in [1.29, 1.82) is 0 Å². The van der Waals surface area contributed by atoms with Gasteiger partial charge in [-0.2, -0.15) is 17.5 Å². The fourth-order valence-electron chi connectivity index (χ4n) is 1.10. The van der Waals surface area contributed by atoms with Crippen LogP contribution in [0, 0.1) is 0 Å². The van der Waals surface area contributed by atoms with Crippen LogP contribution in [-0.4, -0.2) is 47.8 Å². The molecule has 0 amide bonds. The van der Waals surface area contributed by atoms with E-state index < -0.39 is 34.3 Å². The molecule has 0 fully saturated rings. The maximum atomic E-state index is 12.2. The zero-order valence-corrected chi connectivity index (χ0v) is 9.98. The molecule has 0 saturated heterocycles. The van der Waals surface area contributed by atoms with Gasteiger partial charge < -0.3 is 4.98 Å². The minimum absolute atomic E-state index is 0.233. The molecule has 0 aromatic carbocycles. The van der Waals surface area contributed by atoms with Crippen LogP contribution < -0.4 is 0 Å². The van der Waals surface area contributed by atoms with Gasteiger partial charge in [-0.15, -0.1) is 11.6 Å². The number of sulfonamides is 1. The van der Waals surface area contributed by atoms with Gasteiger partial charge in [-0.1, -0.05) is 0 Å². The monoisotopic (exact) mass is 291 g/mol. The Bertz CT molecular complexity index is 445. The minimum atomic E-state index is -4.63. The SMILES string of the molecule is O=S(=O)(c1cnc[nH]1)N(CCCl)CC(F)(F)F. The highest BCUT2D eigenvalue weighted by Gasteiger charge is 2.37. The van der Waals surface area contributed by atoms with Crippen LogP contribution in [0.25, 0.3) is 0 Å². The molecule has 17 heavy (non-hydrogen) atoms. The number of halogens is 4. The number of nitrogens with zero attached hydrogens (tertiary/aromatic N) is 2. The molecule has 1 rings (SSSR count). The molecule has 10 heteroatoms. The molecule has 98 valence electrons. The fraction of sp³-hybridized carbons (Fsp3) is 0.571. The van der Waals surface area contributed by atoms with Gasteiger partial charge in [-0.3, -0.25) is 0 Å². The summed E-state index contributed by atoms with van der Waals surface area (Å²) in [5.74, 6) is -0.233. The first-order valence-electron chi connectivity index (χ1n) is 4.38. The maximum absolute atomic E-state index is 12.2. The van der Waals surface area contributed by atoms with Crippen molar-refractivity contribution in [2.45, 2.75) is 11.2 Å². The summed E-state index contributed by atoms with van der Waals surface area (Å²) in [4.78, 5) is 5.70. The van der Waals surface area contributed by atoms with Gasteiger partial charge in [0.1, 0.15) is 6.54 Å². The quantitative estimate of drug-likeness (QED) is 0.829. The van der Waals surface area contributed by atoms with Crippen molar-refractivity contribution < 1.29 is 21.6 Å². The van der Waals surface area contributed by atoms with E-state index in [-0.39, 0.29) is 10.2 Å². The Kier molecular flexibility index (Phi) is 4.39. The Balaban J connectivity index is 2.99. The Morgan fingerprint density at radius 2 is 2.12 bits per heavy atom. The lowest BCUT2D eigenvalue weighted by atomic mass is 10.6. The van der Waals surface area contributed by atoms with Crippen LogP contribution in [0.1, 0.15) is 0 Å². The highest BCUT2D eigenvalue weighted by molar-refractivity contribution is 7.89. The zero-order chi connectivity index (χ0) is 13.1. The van der Waals surface area contributed by atoms with Crippen molar-refractivity contribution in [3.63, 3.8) is 0 Å². The summed E-state index contributed by atoms with van der Waals surface area (Å²) in [5.41, 5.74) is 0. The summed E-state index contributed by atoms with van der Waals surface area (Å²) < 4.78 is 60.4. The first-order valence-corrected chi connectivity index (χ1v) is 6.36. The lowest BCUT2D eigenvalue weighted by Gasteiger charge is -2.21. The molecular formula is C7H9ClF3N3O2S. The predicted octanol–water partition coefficient (Wildman–Crippen LogP) is 1.20. The number of aromatic amines is 1. The van der Waals surface area contributed by atoms with Gasteiger partial charge in [0, 0.05) is 12.4 Å². The molecule has 0 aliphatic rings. The van der Waals surface area contributed by atoms with E-state index in [0.717, 1.165) is 12.5 Å². The number of nitrogens with one attached hydrogen (secondary N) is 1. The molecule has 0 aliphatic carbocycles. The number of alkyl halides is 4. The average molecular weight is 292 g/mol. The van der Waals surface area contributed by atoms with Crippen LogP contribution in [0.15, 0.2) is 17.6 Å². The van der Waals surface area contributed by atoms with E-state index in [4.69, 9.17) is 11.6 Å². The molecule has 0 bridgehead atoms. The summed E-state index contributed by atoms with van der Waals surface area (Å²) in [7, 11) is -4.24. The summed E-state index contributed by atoms with van der Waals surface area (Å²) in [5, 5.41) is -0.396. The molecule has 0 spiro atoms. The number of rotatable bonds is 5. The first-order chi connectivity index (χ1) is 7.77. The Morgan fingerprint density at radius 1 is 1.47 bits per heavy atom. The molecule has 1 aromatic heterocycles. The number of H-pyrrole nitrogens is 1. The van der Waals surface area contributed by atoms with Crippen molar-refractivity contribution in [2.24, 2.45) is 0 Å². The standard InChI is InChI=1S/C7H9ClF3N3O2S/c8-1-2-14(4-7(9,10)11)17(15,16)6-3-12-5-13-6/h3,5H,1-2,4H2,(H,12,13). The van der Waals surface area contributed by atoms with Gasteiger partial charge in [0.25, 0.3) is 10.0 Å². The topological polar surface area (TPSA) is 66.1 Å². The second-order valence-electron chi connectivity index (χ2n) is 3.06.